The summed E-state index contributed by atoms with van der Waals surface area (Å²) in [5, 5.41) is 0. The van der Waals surface area contributed by atoms with Crippen LogP contribution in [0.25, 0.3) is 0 Å². The van der Waals surface area contributed by atoms with Gasteiger partial charge in [-0.2, -0.15) is 0 Å². The molecule has 4 nitrogen and oxygen atoms in total. The summed E-state index contributed by atoms with van der Waals surface area (Å²) in [7, 11) is 3.92. The van der Waals surface area contributed by atoms with Crippen molar-refractivity contribution < 1.29 is 9.53 Å². The van der Waals surface area contributed by atoms with Crippen LogP contribution in [-0.4, -0.2) is 50.2 Å². The highest BCUT2D eigenvalue weighted by Gasteiger charge is 2.21. The fourth-order valence-corrected chi connectivity index (χ4v) is 2.35. The Balaban J connectivity index is 2.75. The van der Waals surface area contributed by atoms with Gasteiger partial charge in [0.2, 0.25) is 0 Å². The minimum atomic E-state index is -0.255. The van der Waals surface area contributed by atoms with Crippen LogP contribution in [0.4, 0.5) is 5.69 Å². The molecule has 0 atom stereocenters. The third kappa shape index (κ3) is 6.61. The Hall–Kier alpha value is -1.55. The highest BCUT2D eigenvalue weighted by Crippen LogP contribution is 2.25. The van der Waals surface area contributed by atoms with E-state index in [1.54, 1.807) is 0 Å². The highest BCUT2D eigenvalue weighted by atomic mass is 16.5. The SMILES string of the molecule is CCCCN(c1ccc(C(=O)OCCN(C)C)cc1)C(C)(C)C. The van der Waals surface area contributed by atoms with Gasteiger partial charge in [0.1, 0.15) is 6.61 Å². The van der Waals surface area contributed by atoms with E-state index in [0.29, 0.717) is 12.2 Å². The first-order valence-electron chi connectivity index (χ1n) is 8.45. The summed E-state index contributed by atoms with van der Waals surface area (Å²) in [6.07, 6.45) is 2.33. The van der Waals surface area contributed by atoms with E-state index < -0.39 is 0 Å². The number of ether oxygens (including phenoxy) is 1. The first-order chi connectivity index (χ1) is 10.8. The molecular weight excluding hydrogens is 288 g/mol. The quantitative estimate of drug-likeness (QED) is 0.682. The van der Waals surface area contributed by atoms with E-state index in [1.165, 1.54) is 6.42 Å². The Labute approximate surface area is 141 Å². The van der Waals surface area contributed by atoms with Gasteiger partial charge in [-0.1, -0.05) is 13.3 Å². The predicted octanol–water partition coefficient (Wildman–Crippen LogP) is 3.81. The molecule has 23 heavy (non-hydrogen) atoms. The van der Waals surface area contributed by atoms with Crippen molar-refractivity contribution in [1.29, 1.82) is 0 Å². The van der Waals surface area contributed by atoms with Gasteiger partial charge >= 0.3 is 5.97 Å². The number of carbonyl (C=O) groups is 1. The number of rotatable bonds is 8. The van der Waals surface area contributed by atoms with Gasteiger partial charge in [0, 0.05) is 24.3 Å². The van der Waals surface area contributed by atoms with Crippen molar-refractivity contribution in [2.24, 2.45) is 0 Å². The molecule has 4 heteroatoms. The van der Waals surface area contributed by atoms with Crippen LogP contribution in [0.15, 0.2) is 24.3 Å². The van der Waals surface area contributed by atoms with Crippen LogP contribution in [0.2, 0.25) is 0 Å². The molecule has 0 N–H and O–H groups in total. The second kappa shape index (κ2) is 8.92. The molecule has 0 aliphatic heterocycles. The summed E-state index contributed by atoms with van der Waals surface area (Å²) >= 11 is 0. The van der Waals surface area contributed by atoms with Crippen molar-refractivity contribution in [1.82, 2.24) is 4.90 Å². The van der Waals surface area contributed by atoms with Crippen LogP contribution in [0, 0.1) is 0 Å². The lowest BCUT2D eigenvalue weighted by atomic mass is 10.0. The summed E-state index contributed by atoms with van der Waals surface area (Å²) in [6.45, 7) is 11.0. The van der Waals surface area contributed by atoms with Crippen molar-refractivity contribution in [2.45, 2.75) is 46.1 Å². The van der Waals surface area contributed by atoms with Gasteiger partial charge in [-0.25, -0.2) is 4.79 Å². The largest absolute Gasteiger partial charge is 0.461 e. The number of hydrogen-bond acceptors (Lipinski definition) is 4. The molecule has 0 saturated carbocycles. The summed E-state index contributed by atoms with van der Waals surface area (Å²) in [4.78, 5) is 16.4. The fourth-order valence-electron chi connectivity index (χ4n) is 2.35. The predicted molar refractivity (Wildman–Crippen MR) is 97.3 cm³/mol. The number of carbonyl (C=O) groups excluding carboxylic acids is 1. The summed E-state index contributed by atoms with van der Waals surface area (Å²) in [5.41, 5.74) is 1.82. The van der Waals surface area contributed by atoms with Crippen molar-refractivity contribution in [3.63, 3.8) is 0 Å². The molecule has 0 heterocycles. The first-order valence-corrected chi connectivity index (χ1v) is 8.45. The van der Waals surface area contributed by atoms with E-state index in [4.69, 9.17) is 4.74 Å². The number of unbranched alkanes of at least 4 members (excludes halogenated alkanes) is 1. The van der Waals surface area contributed by atoms with Gasteiger partial charge in [-0.15, -0.1) is 0 Å². The average molecular weight is 320 g/mol. The number of hydrogen-bond donors (Lipinski definition) is 0. The lowest BCUT2D eigenvalue weighted by molar-refractivity contribution is 0.0482. The zero-order valence-corrected chi connectivity index (χ0v) is 15.6. The van der Waals surface area contributed by atoms with Crippen molar-refractivity contribution in [3.05, 3.63) is 29.8 Å². The minimum absolute atomic E-state index is 0.0584. The Morgan fingerprint density at radius 2 is 1.70 bits per heavy atom. The molecule has 1 aromatic carbocycles. The summed E-state index contributed by atoms with van der Waals surface area (Å²) in [5.74, 6) is -0.255. The van der Waals surface area contributed by atoms with Crippen LogP contribution in [0.1, 0.15) is 50.9 Å². The van der Waals surface area contributed by atoms with E-state index in [1.807, 2.05) is 43.3 Å². The van der Waals surface area contributed by atoms with Crippen LogP contribution >= 0.6 is 0 Å². The van der Waals surface area contributed by atoms with Gasteiger partial charge in [0.15, 0.2) is 0 Å². The molecule has 0 radical (unpaired) electrons. The van der Waals surface area contributed by atoms with Gasteiger partial charge in [-0.3, -0.25) is 0 Å². The normalized spacial score (nSPS) is 11.6. The number of benzene rings is 1. The molecule has 0 aromatic heterocycles. The molecule has 130 valence electrons. The van der Waals surface area contributed by atoms with E-state index in [-0.39, 0.29) is 11.5 Å². The number of esters is 1. The van der Waals surface area contributed by atoms with Crippen LogP contribution in [0.3, 0.4) is 0 Å². The Kier molecular flexibility index (Phi) is 7.56. The van der Waals surface area contributed by atoms with Crippen molar-refractivity contribution in [3.8, 4) is 0 Å². The lowest BCUT2D eigenvalue weighted by Crippen LogP contribution is -2.42. The molecule has 0 fully saturated rings. The topological polar surface area (TPSA) is 32.8 Å². The van der Waals surface area contributed by atoms with E-state index >= 15 is 0 Å². The zero-order valence-electron chi connectivity index (χ0n) is 15.6. The molecule has 1 rings (SSSR count). The van der Waals surface area contributed by atoms with E-state index in [0.717, 1.165) is 25.2 Å². The summed E-state index contributed by atoms with van der Waals surface area (Å²) < 4.78 is 5.28. The Morgan fingerprint density at radius 1 is 1.09 bits per heavy atom. The Morgan fingerprint density at radius 3 is 2.17 bits per heavy atom. The maximum Gasteiger partial charge on any atom is 0.338 e. The van der Waals surface area contributed by atoms with Crippen LogP contribution in [0.5, 0.6) is 0 Å². The second-order valence-corrected chi connectivity index (χ2v) is 7.16. The van der Waals surface area contributed by atoms with Crippen LogP contribution in [-0.2, 0) is 4.74 Å². The maximum atomic E-state index is 12.0. The molecule has 0 amide bonds. The van der Waals surface area contributed by atoms with E-state index in [9.17, 15) is 4.79 Å². The van der Waals surface area contributed by atoms with Gasteiger partial charge in [0.05, 0.1) is 5.56 Å². The molecule has 0 bridgehead atoms. The maximum absolute atomic E-state index is 12.0. The molecule has 0 saturated heterocycles. The number of anilines is 1. The van der Waals surface area contributed by atoms with Gasteiger partial charge in [-0.05, 0) is 65.6 Å². The highest BCUT2D eigenvalue weighted by molar-refractivity contribution is 5.89. The van der Waals surface area contributed by atoms with Crippen molar-refractivity contribution in [2.75, 3.05) is 38.7 Å². The number of nitrogens with zero attached hydrogens (tertiary/aromatic N) is 2. The standard InChI is InChI=1S/C19H32N2O2/c1-7-8-13-21(19(2,3)4)17-11-9-16(10-12-17)18(22)23-15-14-20(5)6/h9-12H,7-8,13-15H2,1-6H3. The van der Waals surface area contributed by atoms with E-state index in [2.05, 4.69) is 32.6 Å². The van der Waals surface area contributed by atoms with Crippen molar-refractivity contribution >= 4 is 11.7 Å². The van der Waals surface area contributed by atoms with Crippen LogP contribution < -0.4 is 4.90 Å². The zero-order chi connectivity index (χ0) is 17.5. The molecule has 0 spiro atoms. The number of likely N-dealkylation sites (N-methyl/N-ethyl adjacent to an activating group) is 1. The molecule has 0 aliphatic carbocycles. The lowest BCUT2D eigenvalue weighted by Gasteiger charge is -2.38. The fraction of sp³-hybridized carbons (Fsp3) is 0.632. The monoisotopic (exact) mass is 320 g/mol. The molecular formula is C19H32N2O2. The third-order valence-electron chi connectivity index (χ3n) is 3.73. The Bertz CT molecular complexity index is 475. The first kappa shape index (κ1) is 19.5. The van der Waals surface area contributed by atoms with Gasteiger partial charge in [0.25, 0.3) is 0 Å². The summed E-state index contributed by atoms with van der Waals surface area (Å²) in [6, 6.07) is 7.75. The third-order valence-corrected chi connectivity index (χ3v) is 3.73. The minimum Gasteiger partial charge on any atom is -0.461 e. The second-order valence-electron chi connectivity index (χ2n) is 7.16. The molecule has 0 unspecified atom stereocenters. The van der Waals surface area contributed by atoms with Gasteiger partial charge < -0.3 is 14.5 Å². The molecule has 0 aliphatic rings. The smallest absolute Gasteiger partial charge is 0.338 e. The molecule has 1 aromatic rings. The average Bonchev–Trinajstić information content (AvgIpc) is 2.46.